The van der Waals surface area contributed by atoms with Crippen molar-refractivity contribution in [1.82, 2.24) is 4.90 Å². The number of nitrogens with one attached hydrogen (secondary N) is 1. The molecule has 1 fully saturated rings. The minimum Gasteiger partial charge on any atom is -0.466 e. The molecule has 5 heteroatoms. The number of furan rings is 1. The van der Waals surface area contributed by atoms with Crippen LogP contribution in [-0.4, -0.2) is 35.6 Å². The Labute approximate surface area is 148 Å². The Kier molecular flexibility index (Phi) is 5.43. The molecule has 1 aliphatic heterocycles. The number of aryl methyl sites for hydroxylation is 2. The third kappa shape index (κ3) is 4.23. The molecule has 0 saturated carbocycles. The predicted molar refractivity (Wildman–Crippen MR) is 97.7 cm³/mol. The molecule has 1 amide bonds. The van der Waals surface area contributed by atoms with Crippen LogP contribution in [0, 0.1) is 19.8 Å². The van der Waals surface area contributed by atoms with Crippen LogP contribution in [-0.2, 0) is 6.54 Å². The number of rotatable bonds is 5. The lowest BCUT2D eigenvalue weighted by Gasteiger charge is -2.32. The number of anilines is 1. The molecule has 0 aliphatic carbocycles. The van der Waals surface area contributed by atoms with E-state index in [0.29, 0.717) is 18.7 Å². The monoisotopic (exact) mass is 342 g/mol. The van der Waals surface area contributed by atoms with E-state index in [4.69, 9.17) is 4.42 Å². The van der Waals surface area contributed by atoms with Gasteiger partial charge < -0.3 is 19.7 Å². The number of aliphatic hydroxyl groups is 1. The second-order valence-electron chi connectivity index (χ2n) is 6.81. The minimum absolute atomic E-state index is 0.0390. The van der Waals surface area contributed by atoms with Crippen LogP contribution in [0.3, 0.4) is 0 Å². The molecule has 0 bridgehead atoms. The summed E-state index contributed by atoms with van der Waals surface area (Å²) in [5.74, 6) is 2.06. The Bertz CT molecular complexity index is 738. The van der Waals surface area contributed by atoms with E-state index in [2.05, 4.69) is 5.32 Å². The van der Waals surface area contributed by atoms with Crippen molar-refractivity contribution in [2.75, 3.05) is 25.0 Å². The van der Waals surface area contributed by atoms with Gasteiger partial charge in [-0.2, -0.15) is 0 Å². The SMILES string of the molecule is Cc1cc(CNc2cccc(C(=O)N3CCCC(CO)C3)c2)c(C)o1. The first-order valence-electron chi connectivity index (χ1n) is 8.87. The summed E-state index contributed by atoms with van der Waals surface area (Å²) in [6.45, 7) is 6.11. The number of carbonyl (C=O) groups is 1. The van der Waals surface area contributed by atoms with E-state index in [-0.39, 0.29) is 18.4 Å². The summed E-state index contributed by atoms with van der Waals surface area (Å²) in [7, 11) is 0. The van der Waals surface area contributed by atoms with Crippen LogP contribution in [0.2, 0.25) is 0 Å². The lowest BCUT2D eigenvalue weighted by Crippen LogP contribution is -2.40. The quantitative estimate of drug-likeness (QED) is 0.874. The molecule has 2 heterocycles. The standard InChI is InChI=1S/C20H26N2O3/c1-14-9-18(15(2)25-14)11-21-19-7-3-6-17(10-19)20(24)22-8-4-5-16(12-22)13-23/h3,6-7,9-10,16,21,23H,4-5,8,11-13H2,1-2H3. The zero-order valence-electron chi connectivity index (χ0n) is 14.9. The Morgan fingerprint density at radius 3 is 2.92 bits per heavy atom. The maximum atomic E-state index is 12.7. The number of hydrogen-bond donors (Lipinski definition) is 2. The average Bonchev–Trinajstić information content (AvgIpc) is 2.97. The van der Waals surface area contributed by atoms with E-state index in [0.717, 1.165) is 42.2 Å². The molecule has 2 N–H and O–H groups in total. The first kappa shape index (κ1) is 17.5. The van der Waals surface area contributed by atoms with Gasteiger partial charge in [0.25, 0.3) is 5.91 Å². The predicted octanol–water partition coefficient (Wildman–Crippen LogP) is 3.35. The van der Waals surface area contributed by atoms with Gasteiger partial charge in [-0.3, -0.25) is 4.79 Å². The number of piperidine rings is 1. The van der Waals surface area contributed by atoms with Gasteiger partial charge in [0, 0.05) is 43.1 Å². The van der Waals surface area contributed by atoms with Crippen molar-refractivity contribution in [3.63, 3.8) is 0 Å². The first-order valence-corrected chi connectivity index (χ1v) is 8.87. The smallest absolute Gasteiger partial charge is 0.253 e. The number of carbonyl (C=O) groups excluding carboxylic acids is 1. The molecule has 134 valence electrons. The normalized spacial score (nSPS) is 17.6. The van der Waals surface area contributed by atoms with Gasteiger partial charge in [-0.1, -0.05) is 6.07 Å². The molecule has 2 aromatic rings. The summed E-state index contributed by atoms with van der Waals surface area (Å²) in [6.07, 6.45) is 1.94. The molecule has 25 heavy (non-hydrogen) atoms. The lowest BCUT2D eigenvalue weighted by molar-refractivity contribution is 0.0621. The second kappa shape index (κ2) is 7.74. The Hall–Kier alpha value is -2.27. The maximum Gasteiger partial charge on any atom is 0.253 e. The van der Waals surface area contributed by atoms with Gasteiger partial charge in [-0.05, 0) is 56.9 Å². The summed E-state index contributed by atoms with van der Waals surface area (Å²) in [4.78, 5) is 14.6. The number of likely N-dealkylation sites (tertiary alicyclic amines) is 1. The Morgan fingerprint density at radius 2 is 2.20 bits per heavy atom. The molecule has 1 aliphatic rings. The maximum absolute atomic E-state index is 12.7. The van der Waals surface area contributed by atoms with Crippen LogP contribution in [0.4, 0.5) is 5.69 Å². The van der Waals surface area contributed by atoms with Crippen molar-refractivity contribution in [3.8, 4) is 0 Å². The van der Waals surface area contributed by atoms with Crippen LogP contribution in [0.1, 0.15) is 40.3 Å². The van der Waals surface area contributed by atoms with Gasteiger partial charge in [0.05, 0.1) is 0 Å². The van der Waals surface area contributed by atoms with E-state index in [1.807, 2.05) is 49.1 Å². The van der Waals surface area contributed by atoms with Crippen LogP contribution >= 0.6 is 0 Å². The van der Waals surface area contributed by atoms with Crippen molar-refractivity contribution >= 4 is 11.6 Å². The fraction of sp³-hybridized carbons (Fsp3) is 0.450. The molecule has 1 aromatic heterocycles. The molecular formula is C20H26N2O3. The number of aliphatic hydroxyl groups excluding tert-OH is 1. The fourth-order valence-corrected chi connectivity index (χ4v) is 3.40. The minimum atomic E-state index is 0.0390. The van der Waals surface area contributed by atoms with E-state index in [9.17, 15) is 9.90 Å². The molecule has 1 atom stereocenters. The lowest BCUT2D eigenvalue weighted by atomic mass is 9.98. The highest BCUT2D eigenvalue weighted by Gasteiger charge is 2.24. The third-order valence-electron chi connectivity index (χ3n) is 4.80. The van der Waals surface area contributed by atoms with Crippen LogP contribution in [0.5, 0.6) is 0 Å². The summed E-state index contributed by atoms with van der Waals surface area (Å²) in [6, 6.07) is 9.64. The molecule has 1 aromatic carbocycles. The molecule has 0 spiro atoms. The van der Waals surface area contributed by atoms with Gasteiger partial charge in [0.2, 0.25) is 0 Å². The number of hydrogen-bond acceptors (Lipinski definition) is 4. The van der Waals surface area contributed by atoms with Crippen molar-refractivity contribution in [2.45, 2.75) is 33.2 Å². The molecule has 3 rings (SSSR count). The summed E-state index contributed by atoms with van der Waals surface area (Å²) in [5, 5.41) is 12.7. The van der Waals surface area contributed by atoms with Gasteiger partial charge in [-0.25, -0.2) is 0 Å². The van der Waals surface area contributed by atoms with Crippen molar-refractivity contribution in [3.05, 3.63) is 53.0 Å². The van der Waals surface area contributed by atoms with Crippen LogP contribution in [0.15, 0.2) is 34.7 Å². The summed E-state index contributed by atoms with van der Waals surface area (Å²) >= 11 is 0. The highest BCUT2D eigenvalue weighted by atomic mass is 16.3. The highest BCUT2D eigenvalue weighted by molar-refractivity contribution is 5.95. The molecule has 5 nitrogen and oxygen atoms in total. The Balaban J connectivity index is 1.66. The molecule has 0 radical (unpaired) electrons. The molecule has 1 saturated heterocycles. The van der Waals surface area contributed by atoms with Crippen molar-refractivity contribution < 1.29 is 14.3 Å². The first-order chi connectivity index (χ1) is 12.1. The number of benzene rings is 1. The van der Waals surface area contributed by atoms with Crippen LogP contribution in [0.25, 0.3) is 0 Å². The number of amides is 1. The van der Waals surface area contributed by atoms with Crippen molar-refractivity contribution in [1.29, 1.82) is 0 Å². The van der Waals surface area contributed by atoms with Crippen LogP contribution < -0.4 is 5.32 Å². The van der Waals surface area contributed by atoms with Crippen molar-refractivity contribution in [2.24, 2.45) is 5.92 Å². The second-order valence-corrected chi connectivity index (χ2v) is 6.81. The topological polar surface area (TPSA) is 65.7 Å². The Morgan fingerprint density at radius 1 is 1.36 bits per heavy atom. The average molecular weight is 342 g/mol. The molecule has 1 unspecified atom stereocenters. The summed E-state index contributed by atoms with van der Waals surface area (Å²) in [5.41, 5.74) is 2.72. The van der Waals surface area contributed by atoms with E-state index < -0.39 is 0 Å². The van der Waals surface area contributed by atoms with E-state index >= 15 is 0 Å². The van der Waals surface area contributed by atoms with Gasteiger partial charge >= 0.3 is 0 Å². The van der Waals surface area contributed by atoms with Gasteiger partial charge in [0.1, 0.15) is 11.5 Å². The van der Waals surface area contributed by atoms with E-state index in [1.165, 1.54) is 0 Å². The van der Waals surface area contributed by atoms with Gasteiger partial charge in [0.15, 0.2) is 0 Å². The largest absolute Gasteiger partial charge is 0.466 e. The third-order valence-corrected chi connectivity index (χ3v) is 4.80. The molecular weight excluding hydrogens is 316 g/mol. The van der Waals surface area contributed by atoms with E-state index in [1.54, 1.807) is 0 Å². The summed E-state index contributed by atoms with van der Waals surface area (Å²) < 4.78 is 5.54. The highest BCUT2D eigenvalue weighted by Crippen LogP contribution is 2.21. The zero-order chi connectivity index (χ0) is 17.8. The fourth-order valence-electron chi connectivity index (χ4n) is 3.40. The van der Waals surface area contributed by atoms with Gasteiger partial charge in [-0.15, -0.1) is 0 Å². The number of nitrogens with zero attached hydrogens (tertiary/aromatic N) is 1. The zero-order valence-corrected chi connectivity index (χ0v) is 14.9.